The standard InChI is InChI=1S/C12H15N3O6/c16-11(17)7-21-9-1-3-14(4-2-9)12(18)10-5-8(6-13-10)15(19)20/h5-6,9,13H,1-4,7H2,(H,16,17). The van der Waals surface area contributed by atoms with Gasteiger partial charge in [-0.05, 0) is 12.8 Å². The number of carbonyl (C=O) groups is 2. The highest BCUT2D eigenvalue weighted by molar-refractivity contribution is 5.93. The van der Waals surface area contributed by atoms with E-state index >= 15 is 0 Å². The van der Waals surface area contributed by atoms with Crippen molar-refractivity contribution in [1.29, 1.82) is 0 Å². The van der Waals surface area contributed by atoms with Crippen molar-refractivity contribution in [2.24, 2.45) is 0 Å². The molecule has 0 spiro atoms. The van der Waals surface area contributed by atoms with Crippen molar-refractivity contribution in [2.45, 2.75) is 18.9 Å². The molecular weight excluding hydrogens is 282 g/mol. The fourth-order valence-corrected chi connectivity index (χ4v) is 2.20. The predicted molar refractivity (Wildman–Crippen MR) is 70.0 cm³/mol. The maximum Gasteiger partial charge on any atom is 0.329 e. The second-order valence-electron chi connectivity index (χ2n) is 4.72. The number of H-pyrrole nitrogens is 1. The maximum absolute atomic E-state index is 12.1. The van der Waals surface area contributed by atoms with E-state index in [9.17, 15) is 19.7 Å². The number of rotatable bonds is 5. The van der Waals surface area contributed by atoms with E-state index in [2.05, 4.69) is 4.98 Å². The molecule has 1 aliphatic heterocycles. The van der Waals surface area contributed by atoms with Crippen LogP contribution in [0.3, 0.4) is 0 Å². The molecule has 0 atom stereocenters. The Hall–Kier alpha value is -2.42. The summed E-state index contributed by atoms with van der Waals surface area (Å²) in [5.74, 6) is -1.33. The van der Waals surface area contributed by atoms with Gasteiger partial charge in [0.15, 0.2) is 0 Å². The number of hydrogen-bond acceptors (Lipinski definition) is 5. The third-order valence-corrected chi connectivity index (χ3v) is 3.28. The summed E-state index contributed by atoms with van der Waals surface area (Å²) in [5.41, 5.74) is 0.0182. The number of carboxylic acids is 1. The van der Waals surface area contributed by atoms with Crippen LogP contribution in [-0.2, 0) is 9.53 Å². The van der Waals surface area contributed by atoms with Crippen LogP contribution >= 0.6 is 0 Å². The molecular formula is C12H15N3O6. The van der Waals surface area contributed by atoms with Crippen molar-refractivity contribution >= 4 is 17.6 Å². The number of carboxylic acid groups (broad SMARTS) is 1. The number of likely N-dealkylation sites (tertiary alicyclic amines) is 1. The quantitative estimate of drug-likeness (QED) is 0.606. The maximum atomic E-state index is 12.1. The smallest absolute Gasteiger partial charge is 0.329 e. The van der Waals surface area contributed by atoms with Crippen LogP contribution in [0.25, 0.3) is 0 Å². The van der Waals surface area contributed by atoms with E-state index in [0.717, 1.165) is 0 Å². The number of nitrogens with zero attached hydrogens (tertiary/aromatic N) is 2. The molecule has 9 nitrogen and oxygen atoms in total. The average Bonchev–Trinajstić information content (AvgIpc) is 2.95. The minimum atomic E-state index is -1.02. The van der Waals surface area contributed by atoms with E-state index in [-0.39, 0.29) is 30.0 Å². The number of aliphatic carboxylic acids is 1. The normalized spacial score (nSPS) is 15.9. The molecule has 114 valence electrons. The monoisotopic (exact) mass is 297 g/mol. The summed E-state index contributed by atoms with van der Waals surface area (Å²) in [6.45, 7) is 0.507. The minimum absolute atomic E-state index is 0.155. The summed E-state index contributed by atoms with van der Waals surface area (Å²) in [4.78, 5) is 36.7. The Kier molecular flexibility index (Phi) is 4.53. The van der Waals surface area contributed by atoms with Crippen LogP contribution < -0.4 is 0 Å². The summed E-state index contributed by atoms with van der Waals surface area (Å²) < 4.78 is 5.18. The van der Waals surface area contributed by atoms with Gasteiger partial charge in [-0.15, -0.1) is 0 Å². The van der Waals surface area contributed by atoms with Crippen LogP contribution in [0.15, 0.2) is 12.3 Å². The fraction of sp³-hybridized carbons (Fsp3) is 0.500. The van der Waals surface area contributed by atoms with Crippen molar-refractivity contribution in [3.63, 3.8) is 0 Å². The summed E-state index contributed by atoms with van der Waals surface area (Å²) >= 11 is 0. The first-order valence-electron chi connectivity index (χ1n) is 6.43. The molecule has 0 aromatic carbocycles. The zero-order valence-corrected chi connectivity index (χ0v) is 11.2. The van der Waals surface area contributed by atoms with Gasteiger partial charge in [0.1, 0.15) is 12.3 Å². The van der Waals surface area contributed by atoms with Gasteiger partial charge in [-0.2, -0.15) is 0 Å². The minimum Gasteiger partial charge on any atom is -0.480 e. The summed E-state index contributed by atoms with van der Waals surface area (Å²) in [6.07, 6.45) is 2.09. The largest absolute Gasteiger partial charge is 0.480 e. The van der Waals surface area contributed by atoms with Crippen molar-refractivity contribution in [2.75, 3.05) is 19.7 Å². The van der Waals surface area contributed by atoms with Gasteiger partial charge in [-0.3, -0.25) is 14.9 Å². The Morgan fingerprint density at radius 2 is 2.14 bits per heavy atom. The van der Waals surface area contributed by atoms with Gasteiger partial charge in [0, 0.05) is 19.2 Å². The molecule has 1 fully saturated rings. The van der Waals surface area contributed by atoms with E-state index in [1.54, 1.807) is 4.90 Å². The van der Waals surface area contributed by atoms with Crippen LogP contribution in [-0.4, -0.2) is 57.6 Å². The van der Waals surface area contributed by atoms with E-state index in [1.165, 1.54) is 12.3 Å². The van der Waals surface area contributed by atoms with E-state index in [4.69, 9.17) is 9.84 Å². The summed E-state index contributed by atoms with van der Waals surface area (Å²) in [6, 6.07) is 1.20. The molecule has 1 aromatic heterocycles. The third-order valence-electron chi connectivity index (χ3n) is 3.28. The average molecular weight is 297 g/mol. The van der Waals surface area contributed by atoms with Gasteiger partial charge < -0.3 is 19.7 Å². The summed E-state index contributed by atoms with van der Waals surface area (Å²) in [5, 5.41) is 19.1. The molecule has 1 saturated heterocycles. The molecule has 2 rings (SSSR count). The number of nitro groups is 1. The van der Waals surface area contributed by atoms with Crippen molar-refractivity contribution in [3.8, 4) is 0 Å². The lowest BCUT2D eigenvalue weighted by Gasteiger charge is -2.31. The van der Waals surface area contributed by atoms with Gasteiger partial charge in [0.2, 0.25) is 0 Å². The number of aromatic nitrogens is 1. The number of nitrogens with one attached hydrogen (secondary N) is 1. The van der Waals surface area contributed by atoms with Crippen molar-refractivity contribution in [3.05, 3.63) is 28.1 Å². The van der Waals surface area contributed by atoms with E-state index in [1.807, 2.05) is 0 Å². The summed E-state index contributed by atoms with van der Waals surface area (Å²) in [7, 11) is 0. The van der Waals surface area contributed by atoms with Gasteiger partial charge in [-0.1, -0.05) is 0 Å². The number of amides is 1. The Labute approximate surface area is 119 Å². The molecule has 1 aliphatic rings. The molecule has 2 heterocycles. The van der Waals surface area contributed by atoms with E-state index in [0.29, 0.717) is 25.9 Å². The second kappa shape index (κ2) is 6.35. The lowest BCUT2D eigenvalue weighted by atomic mass is 10.1. The predicted octanol–water partition coefficient (Wildman–Crippen LogP) is 0.629. The number of carbonyl (C=O) groups excluding carboxylic acids is 1. The molecule has 0 radical (unpaired) electrons. The molecule has 1 aromatic rings. The number of hydrogen-bond donors (Lipinski definition) is 2. The van der Waals surface area contributed by atoms with E-state index < -0.39 is 10.9 Å². The zero-order valence-electron chi connectivity index (χ0n) is 11.2. The Balaban J connectivity index is 1.87. The van der Waals surface area contributed by atoms with Gasteiger partial charge in [0.05, 0.1) is 17.2 Å². The molecule has 2 N–H and O–H groups in total. The highest BCUT2D eigenvalue weighted by atomic mass is 16.6. The molecule has 9 heteroatoms. The first-order valence-corrected chi connectivity index (χ1v) is 6.43. The lowest BCUT2D eigenvalue weighted by molar-refractivity contribution is -0.384. The molecule has 0 bridgehead atoms. The van der Waals surface area contributed by atoms with Crippen LogP contribution in [0, 0.1) is 10.1 Å². The zero-order chi connectivity index (χ0) is 15.4. The second-order valence-corrected chi connectivity index (χ2v) is 4.72. The highest BCUT2D eigenvalue weighted by Crippen LogP contribution is 2.18. The number of ether oxygens (including phenoxy) is 1. The molecule has 1 amide bonds. The van der Waals surface area contributed by atoms with Gasteiger partial charge in [-0.25, -0.2) is 4.79 Å². The highest BCUT2D eigenvalue weighted by Gasteiger charge is 2.26. The van der Waals surface area contributed by atoms with Crippen LogP contribution in [0.1, 0.15) is 23.3 Å². The SMILES string of the molecule is O=C(O)COC1CCN(C(=O)c2cc([N+](=O)[O-])c[nH]2)CC1. The first kappa shape index (κ1) is 15.0. The number of piperidine rings is 1. The van der Waals surface area contributed by atoms with Crippen LogP contribution in [0.4, 0.5) is 5.69 Å². The van der Waals surface area contributed by atoms with Crippen molar-refractivity contribution in [1.82, 2.24) is 9.88 Å². The molecule has 0 unspecified atom stereocenters. The Bertz CT molecular complexity index is 547. The topological polar surface area (TPSA) is 126 Å². The van der Waals surface area contributed by atoms with Gasteiger partial charge >= 0.3 is 5.97 Å². The molecule has 0 saturated carbocycles. The Morgan fingerprint density at radius 1 is 1.48 bits per heavy atom. The third kappa shape index (κ3) is 3.78. The van der Waals surface area contributed by atoms with Crippen LogP contribution in [0.2, 0.25) is 0 Å². The molecule has 0 aliphatic carbocycles. The van der Waals surface area contributed by atoms with Crippen LogP contribution in [0.5, 0.6) is 0 Å². The van der Waals surface area contributed by atoms with Gasteiger partial charge in [0.25, 0.3) is 11.6 Å². The Morgan fingerprint density at radius 3 is 2.67 bits per heavy atom. The van der Waals surface area contributed by atoms with Crippen molar-refractivity contribution < 1.29 is 24.4 Å². The number of aromatic amines is 1. The molecule has 21 heavy (non-hydrogen) atoms. The lowest BCUT2D eigenvalue weighted by Crippen LogP contribution is -2.41. The fourth-order valence-electron chi connectivity index (χ4n) is 2.20. The first-order chi connectivity index (χ1) is 9.97.